The van der Waals surface area contributed by atoms with Crippen molar-refractivity contribution < 1.29 is 0 Å². The molecule has 0 saturated carbocycles. The first kappa shape index (κ1) is 10.0. The molecule has 12 heavy (non-hydrogen) atoms. The highest BCUT2D eigenvalue weighted by molar-refractivity contribution is 4.78. The second-order valence-corrected chi connectivity index (χ2v) is 3.76. The van der Waals surface area contributed by atoms with Gasteiger partial charge in [-0.1, -0.05) is 19.8 Å². The Labute approximate surface area is 76.1 Å². The van der Waals surface area contributed by atoms with E-state index in [-0.39, 0.29) is 0 Å². The fourth-order valence-electron chi connectivity index (χ4n) is 2.12. The third-order valence-corrected chi connectivity index (χ3v) is 2.81. The molecule has 1 saturated heterocycles. The molecule has 0 radical (unpaired) electrons. The monoisotopic (exact) mass is 170 g/mol. The van der Waals surface area contributed by atoms with Crippen LogP contribution in [-0.4, -0.2) is 30.6 Å². The van der Waals surface area contributed by atoms with Crippen molar-refractivity contribution in [3.8, 4) is 0 Å². The van der Waals surface area contributed by atoms with E-state index in [1.54, 1.807) is 0 Å². The van der Waals surface area contributed by atoms with E-state index in [0.29, 0.717) is 0 Å². The van der Waals surface area contributed by atoms with Crippen molar-refractivity contribution in [2.45, 2.75) is 45.1 Å². The van der Waals surface area contributed by atoms with Gasteiger partial charge >= 0.3 is 0 Å². The lowest BCUT2D eigenvalue weighted by Gasteiger charge is -2.23. The zero-order chi connectivity index (χ0) is 8.81. The number of unbranched alkanes of at least 4 members (excludes halogenated alkanes) is 1. The topological polar surface area (TPSA) is 29.3 Å². The van der Waals surface area contributed by atoms with Crippen LogP contribution in [0.25, 0.3) is 0 Å². The largest absolute Gasteiger partial charge is 0.329 e. The van der Waals surface area contributed by atoms with Crippen LogP contribution in [0.5, 0.6) is 0 Å². The summed E-state index contributed by atoms with van der Waals surface area (Å²) in [6.45, 7) is 5.48. The van der Waals surface area contributed by atoms with Crippen LogP contribution in [0.15, 0.2) is 0 Å². The van der Waals surface area contributed by atoms with Crippen molar-refractivity contribution in [1.82, 2.24) is 4.90 Å². The van der Waals surface area contributed by atoms with Crippen molar-refractivity contribution in [1.29, 1.82) is 0 Å². The highest BCUT2D eigenvalue weighted by atomic mass is 15.2. The number of nitrogens with zero attached hydrogens (tertiary/aromatic N) is 1. The summed E-state index contributed by atoms with van der Waals surface area (Å²) in [6, 6.07) is 0.855. The SMILES string of the molecule is CCCCC1CCCN1CCN. The summed E-state index contributed by atoms with van der Waals surface area (Å²) in [7, 11) is 0. The van der Waals surface area contributed by atoms with E-state index >= 15 is 0 Å². The van der Waals surface area contributed by atoms with Gasteiger partial charge in [-0.3, -0.25) is 4.90 Å². The molecule has 1 rings (SSSR count). The number of nitrogens with two attached hydrogens (primary N) is 1. The van der Waals surface area contributed by atoms with E-state index in [1.165, 1.54) is 38.6 Å². The molecule has 2 nitrogen and oxygen atoms in total. The molecular formula is C10H22N2. The van der Waals surface area contributed by atoms with Gasteiger partial charge in [0.2, 0.25) is 0 Å². The number of likely N-dealkylation sites (tertiary alicyclic amines) is 1. The Morgan fingerprint density at radius 1 is 1.50 bits per heavy atom. The van der Waals surface area contributed by atoms with Gasteiger partial charge in [-0.25, -0.2) is 0 Å². The molecule has 2 heteroatoms. The first-order chi connectivity index (χ1) is 5.88. The molecular weight excluding hydrogens is 148 g/mol. The molecule has 1 aliphatic heterocycles. The highest BCUT2D eigenvalue weighted by Crippen LogP contribution is 2.20. The zero-order valence-corrected chi connectivity index (χ0v) is 8.26. The third-order valence-electron chi connectivity index (χ3n) is 2.81. The standard InChI is InChI=1S/C10H22N2/c1-2-3-5-10-6-4-8-12(10)9-7-11/h10H,2-9,11H2,1H3. The van der Waals surface area contributed by atoms with Gasteiger partial charge in [-0.05, 0) is 25.8 Å². The minimum Gasteiger partial charge on any atom is -0.329 e. The van der Waals surface area contributed by atoms with Gasteiger partial charge in [0, 0.05) is 19.1 Å². The van der Waals surface area contributed by atoms with Crippen molar-refractivity contribution in [2.75, 3.05) is 19.6 Å². The van der Waals surface area contributed by atoms with Gasteiger partial charge in [0.25, 0.3) is 0 Å². The molecule has 2 N–H and O–H groups in total. The third kappa shape index (κ3) is 2.76. The summed E-state index contributed by atoms with van der Waals surface area (Å²) < 4.78 is 0. The van der Waals surface area contributed by atoms with Gasteiger partial charge < -0.3 is 5.73 Å². The van der Waals surface area contributed by atoms with Crippen LogP contribution in [0, 0.1) is 0 Å². The number of hydrogen-bond acceptors (Lipinski definition) is 2. The molecule has 0 aromatic carbocycles. The quantitative estimate of drug-likeness (QED) is 0.679. The van der Waals surface area contributed by atoms with Gasteiger partial charge in [0.15, 0.2) is 0 Å². The average Bonchev–Trinajstić information content (AvgIpc) is 2.50. The first-order valence-corrected chi connectivity index (χ1v) is 5.32. The van der Waals surface area contributed by atoms with Crippen LogP contribution < -0.4 is 5.73 Å². The minimum absolute atomic E-state index is 0.822. The van der Waals surface area contributed by atoms with Gasteiger partial charge in [-0.2, -0.15) is 0 Å². The molecule has 0 aliphatic carbocycles. The molecule has 1 aliphatic rings. The van der Waals surface area contributed by atoms with E-state index in [9.17, 15) is 0 Å². The van der Waals surface area contributed by atoms with E-state index in [4.69, 9.17) is 5.73 Å². The van der Waals surface area contributed by atoms with E-state index in [2.05, 4.69) is 11.8 Å². The van der Waals surface area contributed by atoms with Crippen molar-refractivity contribution >= 4 is 0 Å². The van der Waals surface area contributed by atoms with Gasteiger partial charge in [0.1, 0.15) is 0 Å². The fraction of sp³-hybridized carbons (Fsp3) is 1.00. The predicted molar refractivity (Wildman–Crippen MR) is 53.2 cm³/mol. The lowest BCUT2D eigenvalue weighted by molar-refractivity contribution is 0.246. The van der Waals surface area contributed by atoms with Gasteiger partial charge in [-0.15, -0.1) is 0 Å². The number of rotatable bonds is 5. The van der Waals surface area contributed by atoms with Crippen molar-refractivity contribution in [2.24, 2.45) is 5.73 Å². The molecule has 1 unspecified atom stereocenters. The van der Waals surface area contributed by atoms with Crippen LogP contribution in [-0.2, 0) is 0 Å². The molecule has 0 aromatic rings. The van der Waals surface area contributed by atoms with Crippen molar-refractivity contribution in [3.05, 3.63) is 0 Å². The molecule has 0 bridgehead atoms. The smallest absolute Gasteiger partial charge is 0.0108 e. The zero-order valence-electron chi connectivity index (χ0n) is 8.26. The summed E-state index contributed by atoms with van der Waals surface area (Å²) >= 11 is 0. The maximum absolute atomic E-state index is 5.56. The lowest BCUT2D eigenvalue weighted by Crippen LogP contribution is -2.33. The molecule has 0 spiro atoms. The normalized spacial score (nSPS) is 25.0. The second kappa shape index (κ2) is 5.55. The average molecular weight is 170 g/mol. The second-order valence-electron chi connectivity index (χ2n) is 3.76. The van der Waals surface area contributed by atoms with Crippen LogP contribution in [0.3, 0.4) is 0 Å². The summed E-state index contributed by atoms with van der Waals surface area (Å²) in [5, 5.41) is 0. The Morgan fingerprint density at radius 3 is 3.00 bits per heavy atom. The molecule has 1 atom stereocenters. The van der Waals surface area contributed by atoms with Crippen molar-refractivity contribution in [3.63, 3.8) is 0 Å². The predicted octanol–water partition coefficient (Wildman–Crippen LogP) is 1.60. The van der Waals surface area contributed by atoms with E-state index < -0.39 is 0 Å². The molecule has 72 valence electrons. The highest BCUT2D eigenvalue weighted by Gasteiger charge is 2.22. The Morgan fingerprint density at radius 2 is 2.33 bits per heavy atom. The molecule has 0 amide bonds. The molecule has 1 heterocycles. The summed E-state index contributed by atoms with van der Waals surface area (Å²) in [4.78, 5) is 2.57. The summed E-state index contributed by atoms with van der Waals surface area (Å²) in [6.07, 6.45) is 6.88. The fourth-order valence-corrected chi connectivity index (χ4v) is 2.12. The Kier molecular flexibility index (Phi) is 4.62. The summed E-state index contributed by atoms with van der Waals surface area (Å²) in [5.41, 5.74) is 5.56. The Balaban J connectivity index is 2.20. The number of hydrogen-bond donors (Lipinski definition) is 1. The molecule has 1 fully saturated rings. The van der Waals surface area contributed by atoms with E-state index in [1.807, 2.05) is 0 Å². The minimum atomic E-state index is 0.822. The van der Waals surface area contributed by atoms with Crippen LogP contribution in [0.2, 0.25) is 0 Å². The molecule has 0 aromatic heterocycles. The lowest BCUT2D eigenvalue weighted by atomic mass is 10.1. The Bertz CT molecular complexity index is 114. The maximum atomic E-state index is 5.56. The summed E-state index contributed by atoms with van der Waals surface area (Å²) in [5.74, 6) is 0. The van der Waals surface area contributed by atoms with Gasteiger partial charge in [0.05, 0.1) is 0 Å². The van der Waals surface area contributed by atoms with Crippen LogP contribution in [0.4, 0.5) is 0 Å². The maximum Gasteiger partial charge on any atom is 0.0108 e. The van der Waals surface area contributed by atoms with Crippen LogP contribution in [0.1, 0.15) is 39.0 Å². The Hall–Kier alpha value is -0.0800. The van der Waals surface area contributed by atoms with E-state index in [0.717, 1.165) is 19.1 Å². The van der Waals surface area contributed by atoms with Crippen LogP contribution >= 0.6 is 0 Å². The first-order valence-electron chi connectivity index (χ1n) is 5.32.